The largest absolute Gasteiger partial charge is 0.454 e. The lowest BCUT2D eigenvalue weighted by Crippen LogP contribution is -2.41. The average Bonchev–Trinajstić information content (AvgIpc) is 3.15. The Morgan fingerprint density at radius 1 is 1.00 bits per heavy atom. The number of carbonyl (C=O) groups is 1. The molecule has 1 amide bonds. The van der Waals surface area contributed by atoms with Crippen molar-refractivity contribution in [1.29, 1.82) is 0 Å². The highest BCUT2D eigenvalue weighted by molar-refractivity contribution is 5.94. The molecule has 1 heterocycles. The van der Waals surface area contributed by atoms with Crippen molar-refractivity contribution in [3.8, 4) is 11.5 Å². The number of hydrogen-bond acceptors (Lipinski definition) is 4. The van der Waals surface area contributed by atoms with E-state index in [0.29, 0.717) is 31.2 Å². The normalized spacial score (nSPS) is 12.6. The van der Waals surface area contributed by atoms with Crippen LogP contribution in [0, 0.1) is 0 Å². The van der Waals surface area contributed by atoms with Crippen molar-refractivity contribution in [2.75, 3.05) is 26.9 Å². The number of aliphatic imine (C=N–C) groups is 1. The van der Waals surface area contributed by atoms with Gasteiger partial charge in [-0.15, -0.1) is 0 Å². The molecule has 3 rings (SSSR count). The molecule has 1 aliphatic rings. The molecule has 26 heavy (non-hydrogen) atoms. The topological polar surface area (TPSA) is 84.0 Å². The Kier molecular flexibility index (Phi) is 5.92. The van der Waals surface area contributed by atoms with E-state index in [1.165, 1.54) is 0 Å². The number of nitrogens with zero attached hydrogens (tertiary/aromatic N) is 1. The van der Waals surface area contributed by atoms with Gasteiger partial charge in [0.2, 0.25) is 6.79 Å². The molecule has 1 aliphatic heterocycles. The fourth-order valence-electron chi connectivity index (χ4n) is 2.51. The smallest absolute Gasteiger partial charge is 0.251 e. The van der Waals surface area contributed by atoms with E-state index in [-0.39, 0.29) is 12.7 Å². The SMILES string of the molecule is CN=C(NCCNC(=O)c1ccccc1)NCc1ccc2c(c1)OCO2. The first-order chi connectivity index (χ1) is 12.8. The summed E-state index contributed by atoms with van der Waals surface area (Å²) >= 11 is 0. The second-order valence-corrected chi connectivity index (χ2v) is 5.66. The van der Waals surface area contributed by atoms with Crippen molar-refractivity contribution in [2.45, 2.75) is 6.54 Å². The summed E-state index contributed by atoms with van der Waals surface area (Å²) in [6.45, 7) is 1.94. The van der Waals surface area contributed by atoms with Gasteiger partial charge in [-0.3, -0.25) is 9.79 Å². The molecule has 0 radical (unpaired) electrons. The first kappa shape index (κ1) is 17.6. The highest BCUT2D eigenvalue weighted by atomic mass is 16.7. The summed E-state index contributed by atoms with van der Waals surface area (Å²) in [4.78, 5) is 16.1. The van der Waals surface area contributed by atoms with E-state index in [4.69, 9.17) is 9.47 Å². The molecule has 0 spiro atoms. The molecular weight excluding hydrogens is 332 g/mol. The third-order valence-corrected chi connectivity index (χ3v) is 3.86. The van der Waals surface area contributed by atoms with E-state index in [1.54, 1.807) is 19.2 Å². The lowest BCUT2D eigenvalue weighted by atomic mass is 10.2. The molecular formula is C19H22N4O3. The summed E-state index contributed by atoms with van der Waals surface area (Å²) in [5.41, 5.74) is 1.72. The van der Waals surface area contributed by atoms with Crippen molar-refractivity contribution in [2.24, 2.45) is 4.99 Å². The fourth-order valence-corrected chi connectivity index (χ4v) is 2.51. The maximum Gasteiger partial charge on any atom is 0.251 e. The molecule has 7 nitrogen and oxygen atoms in total. The first-order valence-electron chi connectivity index (χ1n) is 8.42. The molecule has 0 saturated heterocycles. The molecule has 2 aromatic rings. The lowest BCUT2D eigenvalue weighted by Gasteiger charge is -2.12. The van der Waals surface area contributed by atoms with E-state index in [0.717, 1.165) is 17.1 Å². The van der Waals surface area contributed by atoms with Crippen LogP contribution >= 0.6 is 0 Å². The third kappa shape index (κ3) is 4.66. The number of nitrogens with one attached hydrogen (secondary N) is 3. The van der Waals surface area contributed by atoms with Gasteiger partial charge in [-0.25, -0.2) is 0 Å². The molecule has 0 aliphatic carbocycles. The number of amides is 1. The Balaban J connectivity index is 1.39. The zero-order valence-electron chi connectivity index (χ0n) is 14.6. The van der Waals surface area contributed by atoms with Gasteiger partial charge in [0.1, 0.15) is 0 Å². The van der Waals surface area contributed by atoms with Crippen LogP contribution in [0.4, 0.5) is 0 Å². The quantitative estimate of drug-likeness (QED) is 0.416. The van der Waals surface area contributed by atoms with Gasteiger partial charge in [0, 0.05) is 32.2 Å². The van der Waals surface area contributed by atoms with Crippen molar-refractivity contribution in [3.63, 3.8) is 0 Å². The molecule has 0 bridgehead atoms. The van der Waals surface area contributed by atoms with Crippen molar-refractivity contribution >= 4 is 11.9 Å². The van der Waals surface area contributed by atoms with Crippen LogP contribution in [0.5, 0.6) is 11.5 Å². The molecule has 0 aromatic heterocycles. The standard InChI is InChI=1S/C19H22N4O3/c1-20-19(22-10-9-21-18(24)15-5-3-2-4-6-15)23-12-14-7-8-16-17(11-14)26-13-25-16/h2-8,11H,9-10,12-13H2,1H3,(H,21,24)(H2,20,22,23). The van der Waals surface area contributed by atoms with Gasteiger partial charge in [0.05, 0.1) is 0 Å². The summed E-state index contributed by atoms with van der Waals surface area (Å²) in [5.74, 6) is 2.11. The van der Waals surface area contributed by atoms with Crippen LogP contribution in [0.1, 0.15) is 15.9 Å². The Morgan fingerprint density at radius 3 is 2.58 bits per heavy atom. The highest BCUT2D eigenvalue weighted by Crippen LogP contribution is 2.32. The summed E-state index contributed by atoms with van der Waals surface area (Å²) < 4.78 is 10.7. The zero-order valence-corrected chi connectivity index (χ0v) is 14.6. The maximum atomic E-state index is 12.0. The van der Waals surface area contributed by atoms with Gasteiger partial charge < -0.3 is 25.4 Å². The Bertz CT molecular complexity index is 778. The van der Waals surface area contributed by atoms with E-state index in [1.807, 2.05) is 36.4 Å². The molecule has 0 atom stereocenters. The van der Waals surface area contributed by atoms with Crippen molar-refractivity contribution in [3.05, 3.63) is 59.7 Å². The molecule has 3 N–H and O–H groups in total. The van der Waals surface area contributed by atoms with Crippen molar-refractivity contribution in [1.82, 2.24) is 16.0 Å². The van der Waals surface area contributed by atoms with Gasteiger partial charge >= 0.3 is 0 Å². The average molecular weight is 354 g/mol. The van der Waals surface area contributed by atoms with E-state index in [9.17, 15) is 4.79 Å². The van der Waals surface area contributed by atoms with Gasteiger partial charge in [-0.05, 0) is 29.8 Å². The zero-order chi connectivity index (χ0) is 18.2. The highest BCUT2D eigenvalue weighted by Gasteiger charge is 2.13. The molecule has 0 fully saturated rings. The van der Waals surface area contributed by atoms with Gasteiger partial charge in [-0.1, -0.05) is 24.3 Å². The van der Waals surface area contributed by atoms with Crippen LogP contribution in [0.3, 0.4) is 0 Å². The Labute approximate surface area is 152 Å². The van der Waals surface area contributed by atoms with Gasteiger partial charge in [-0.2, -0.15) is 0 Å². The Morgan fingerprint density at radius 2 is 1.77 bits per heavy atom. The maximum absolute atomic E-state index is 12.0. The van der Waals surface area contributed by atoms with Crippen LogP contribution in [-0.4, -0.2) is 38.8 Å². The Hall–Kier alpha value is -3.22. The van der Waals surface area contributed by atoms with Crippen LogP contribution in [0.15, 0.2) is 53.5 Å². The number of rotatable bonds is 6. The minimum absolute atomic E-state index is 0.0873. The molecule has 0 unspecified atom stereocenters. The number of benzene rings is 2. The number of hydrogen-bond donors (Lipinski definition) is 3. The van der Waals surface area contributed by atoms with Crippen LogP contribution < -0.4 is 25.4 Å². The second kappa shape index (κ2) is 8.75. The molecule has 2 aromatic carbocycles. The summed E-state index contributed by atoms with van der Waals surface area (Å²) in [6.07, 6.45) is 0. The summed E-state index contributed by atoms with van der Waals surface area (Å²) in [7, 11) is 1.71. The number of fused-ring (bicyclic) bond motifs is 1. The van der Waals surface area contributed by atoms with Gasteiger partial charge in [0.25, 0.3) is 5.91 Å². The summed E-state index contributed by atoms with van der Waals surface area (Å²) in [6, 6.07) is 15.0. The predicted molar refractivity (Wildman–Crippen MR) is 99.5 cm³/mol. The summed E-state index contributed by atoms with van der Waals surface area (Å²) in [5, 5.41) is 9.26. The van der Waals surface area contributed by atoms with Crippen molar-refractivity contribution < 1.29 is 14.3 Å². The van der Waals surface area contributed by atoms with E-state index < -0.39 is 0 Å². The molecule has 136 valence electrons. The predicted octanol–water partition coefficient (Wildman–Crippen LogP) is 1.51. The number of ether oxygens (including phenoxy) is 2. The van der Waals surface area contributed by atoms with Crippen LogP contribution in [-0.2, 0) is 6.54 Å². The van der Waals surface area contributed by atoms with E-state index >= 15 is 0 Å². The number of carbonyl (C=O) groups excluding carboxylic acids is 1. The fraction of sp³-hybridized carbons (Fsp3) is 0.263. The van der Waals surface area contributed by atoms with Crippen LogP contribution in [0.25, 0.3) is 0 Å². The lowest BCUT2D eigenvalue weighted by molar-refractivity contribution is 0.0954. The molecule has 0 saturated carbocycles. The minimum Gasteiger partial charge on any atom is -0.454 e. The minimum atomic E-state index is -0.0873. The monoisotopic (exact) mass is 354 g/mol. The van der Waals surface area contributed by atoms with Gasteiger partial charge in [0.15, 0.2) is 17.5 Å². The van der Waals surface area contributed by atoms with E-state index in [2.05, 4.69) is 20.9 Å². The number of guanidine groups is 1. The third-order valence-electron chi connectivity index (χ3n) is 3.86. The first-order valence-corrected chi connectivity index (χ1v) is 8.42. The second-order valence-electron chi connectivity index (χ2n) is 5.66. The van der Waals surface area contributed by atoms with Crippen LogP contribution in [0.2, 0.25) is 0 Å². The molecule has 7 heteroatoms.